The Hall–Kier alpha value is -1.24. The van der Waals surface area contributed by atoms with E-state index in [2.05, 4.69) is 15.9 Å². The molecule has 0 bridgehead atoms. The number of nitrogens with two attached hydrogens (primary N) is 1. The maximum Gasteiger partial charge on any atom is 0.406 e. The quantitative estimate of drug-likeness (QED) is 0.838. The molecule has 0 unspecified atom stereocenters. The van der Waals surface area contributed by atoms with Crippen LogP contribution < -0.4 is 5.73 Å². The van der Waals surface area contributed by atoms with Crippen LogP contribution in [-0.2, 0) is 0 Å². The van der Waals surface area contributed by atoms with Gasteiger partial charge in [0.1, 0.15) is 6.54 Å². The molecule has 0 aromatic heterocycles. The molecule has 3 nitrogen and oxygen atoms in total. The molecule has 1 amide bonds. The molecule has 1 rings (SSSR count). The lowest BCUT2D eigenvalue weighted by Gasteiger charge is -2.24. The number of hydrogen-bond donors (Lipinski definition) is 1. The Labute approximate surface area is 124 Å². The Kier molecular flexibility index (Phi) is 5.44. The molecular formula is C13H16BrF3N2O. The smallest absolute Gasteiger partial charge is 0.398 e. The summed E-state index contributed by atoms with van der Waals surface area (Å²) in [5, 5.41) is 0. The highest BCUT2D eigenvalue weighted by molar-refractivity contribution is 9.10. The zero-order chi connectivity index (χ0) is 15.5. The Balaban J connectivity index is 3.12. The van der Waals surface area contributed by atoms with Crippen molar-refractivity contribution in [2.75, 3.05) is 18.8 Å². The van der Waals surface area contributed by atoms with Crippen molar-refractivity contribution in [1.29, 1.82) is 0 Å². The third-order valence-corrected chi connectivity index (χ3v) is 3.25. The summed E-state index contributed by atoms with van der Waals surface area (Å²) in [4.78, 5) is 13.1. The van der Waals surface area contributed by atoms with Gasteiger partial charge in [-0.3, -0.25) is 4.79 Å². The first-order valence-corrected chi connectivity index (χ1v) is 6.86. The van der Waals surface area contributed by atoms with Crippen molar-refractivity contribution in [3.8, 4) is 0 Å². The summed E-state index contributed by atoms with van der Waals surface area (Å²) < 4.78 is 38.2. The van der Waals surface area contributed by atoms with Crippen molar-refractivity contribution >= 4 is 27.5 Å². The van der Waals surface area contributed by atoms with Crippen LogP contribution in [0.1, 0.15) is 29.3 Å². The molecule has 1 aromatic carbocycles. The van der Waals surface area contributed by atoms with Crippen molar-refractivity contribution in [3.63, 3.8) is 0 Å². The van der Waals surface area contributed by atoms with Gasteiger partial charge in [0.25, 0.3) is 5.91 Å². The molecule has 0 aliphatic heterocycles. The lowest BCUT2D eigenvalue weighted by molar-refractivity contribution is -0.140. The Morgan fingerprint density at radius 2 is 2.00 bits per heavy atom. The van der Waals surface area contributed by atoms with E-state index < -0.39 is 18.6 Å². The van der Waals surface area contributed by atoms with Crippen LogP contribution in [0, 0.1) is 6.92 Å². The molecular weight excluding hydrogens is 337 g/mol. The molecule has 0 aliphatic rings. The fourth-order valence-corrected chi connectivity index (χ4v) is 2.31. The van der Waals surface area contributed by atoms with Crippen LogP contribution in [0.5, 0.6) is 0 Å². The van der Waals surface area contributed by atoms with Crippen LogP contribution in [0.15, 0.2) is 16.6 Å². The maximum absolute atomic E-state index is 12.5. The van der Waals surface area contributed by atoms with Crippen LogP contribution in [0.25, 0.3) is 0 Å². The topological polar surface area (TPSA) is 46.3 Å². The van der Waals surface area contributed by atoms with Crippen molar-refractivity contribution < 1.29 is 18.0 Å². The minimum absolute atomic E-state index is 0.0458. The van der Waals surface area contributed by atoms with E-state index in [0.29, 0.717) is 22.1 Å². The average molecular weight is 353 g/mol. The third kappa shape index (κ3) is 4.40. The first-order chi connectivity index (χ1) is 9.15. The van der Waals surface area contributed by atoms with Crippen LogP contribution in [-0.4, -0.2) is 30.1 Å². The molecule has 0 radical (unpaired) electrons. The normalized spacial score (nSPS) is 11.5. The predicted octanol–water partition coefficient (Wildman–Crippen LogP) is 3.75. The van der Waals surface area contributed by atoms with E-state index in [1.165, 1.54) is 6.07 Å². The van der Waals surface area contributed by atoms with Gasteiger partial charge in [-0.15, -0.1) is 0 Å². The molecule has 0 heterocycles. The van der Waals surface area contributed by atoms with E-state index in [1.54, 1.807) is 19.9 Å². The summed E-state index contributed by atoms with van der Waals surface area (Å²) in [6.45, 7) is 2.13. The molecule has 0 saturated carbocycles. The number of halogens is 4. The van der Waals surface area contributed by atoms with Gasteiger partial charge in [0, 0.05) is 22.3 Å². The molecule has 0 atom stereocenters. The number of nitrogens with zero attached hydrogens (tertiary/aromatic N) is 1. The molecule has 20 heavy (non-hydrogen) atoms. The van der Waals surface area contributed by atoms with Crippen molar-refractivity contribution in [3.05, 3.63) is 27.7 Å². The number of hydrogen-bond acceptors (Lipinski definition) is 2. The van der Waals surface area contributed by atoms with Gasteiger partial charge in [0.2, 0.25) is 0 Å². The van der Waals surface area contributed by atoms with Gasteiger partial charge < -0.3 is 10.6 Å². The number of nitrogen functional groups attached to an aromatic ring is 1. The fraction of sp³-hybridized carbons (Fsp3) is 0.462. The lowest BCUT2D eigenvalue weighted by Crippen LogP contribution is -2.39. The molecule has 7 heteroatoms. The number of rotatable bonds is 4. The SMILES string of the molecule is CCCN(CC(F)(F)F)C(=O)c1cc(Br)cc(N)c1C. The van der Waals surface area contributed by atoms with Crippen LogP contribution in [0.4, 0.5) is 18.9 Å². The summed E-state index contributed by atoms with van der Waals surface area (Å²) in [6.07, 6.45) is -3.97. The second-order valence-corrected chi connectivity index (χ2v) is 5.43. The van der Waals surface area contributed by atoms with E-state index in [1.807, 2.05) is 0 Å². The zero-order valence-corrected chi connectivity index (χ0v) is 12.8. The second kappa shape index (κ2) is 6.47. The Bertz CT molecular complexity index is 503. The highest BCUT2D eigenvalue weighted by atomic mass is 79.9. The summed E-state index contributed by atoms with van der Waals surface area (Å²) in [5.41, 5.74) is 6.78. The molecule has 1 aromatic rings. The molecule has 112 valence electrons. The molecule has 0 fully saturated rings. The van der Waals surface area contributed by atoms with E-state index in [4.69, 9.17) is 5.73 Å². The van der Waals surface area contributed by atoms with Crippen molar-refractivity contribution in [2.45, 2.75) is 26.4 Å². The molecule has 0 spiro atoms. The van der Waals surface area contributed by atoms with Crippen LogP contribution >= 0.6 is 15.9 Å². The van der Waals surface area contributed by atoms with Gasteiger partial charge in [-0.2, -0.15) is 13.2 Å². The van der Waals surface area contributed by atoms with Gasteiger partial charge in [-0.25, -0.2) is 0 Å². The number of alkyl halides is 3. The molecule has 0 aliphatic carbocycles. The van der Waals surface area contributed by atoms with Crippen molar-refractivity contribution in [2.24, 2.45) is 0 Å². The van der Waals surface area contributed by atoms with E-state index in [0.717, 1.165) is 4.90 Å². The molecule has 2 N–H and O–H groups in total. The Morgan fingerprint density at radius 3 is 2.50 bits per heavy atom. The first kappa shape index (κ1) is 16.8. The monoisotopic (exact) mass is 352 g/mol. The van der Waals surface area contributed by atoms with Gasteiger partial charge in [0.05, 0.1) is 0 Å². The number of amides is 1. The molecule has 0 saturated heterocycles. The average Bonchev–Trinajstić information content (AvgIpc) is 2.30. The summed E-state index contributed by atoms with van der Waals surface area (Å²) in [7, 11) is 0. The minimum Gasteiger partial charge on any atom is -0.398 e. The fourth-order valence-electron chi connectivity index (χ4n) is 1.83. The summed E-state index contributed by atoms with van der Waals surface area (Å²) >= 11 is 3.19. The third-order valence-electron chi connectivity index (χ3n) is 2.79. The van der Waals surface area contributed by atoms with E-state index in [9.17, 15) is 18.0 Å². The Morgan fingerprint density at radius 1 is 1.40 bits per heavy atom. The highest BCUT2D eigenvalue weighted by Gasteiger charge is 2.33. The first-order valence-electron chi connectivity index (χ1n) is 6.07. The summed E-state index contributed by atoms with van der Waals surface area (Å²) in [6, 6.07) is 3.10. The standard InChI is InChI=1S/C13H16BrF3N2O/c1-3-4-19(7-13(15,16)17)12(20)10-5-9(14)6-11(18)8(10)2/h5-6H,3-4,7,18H2,1-2H3. The highest BCUT2D eigenvalue weighted by Crippen LogP contribution is 2.25. The lowest BCUT2D eigenvalue weighted by atomic mass is 10.1. The maximum atomic E-state index is 12.5. The predicted molar refractivity (Wildman–Crippen MR) is 75.5 cm³/mol. The van der Waals surface area contributed by atoms with Crippen molar-refractivity contribution in [1.82, 2.24) is 4.90 Å². The van der Waals surface area contributed by atoms with Gasteiger partial charge in [-0.05, 0) is 31.0 Å². The number of carbonyl (C=O) groups excluding carboxylic acids is 1. The zero-order valence-electron chi connectivity index (χ0n) is 11.2. The van der Waals surface area contributed by atoms with Gasteiger partial charge >= 0.3 is 6.18 Å². The number of carbonyl (C=O) groups is 1. The van der Waals surface area contributed by atoms with Gasteiger partial charge in [-0.1, -0.05) is 22.9 Å². The summed E-state index contributed by atoms with van der Waals surface area (Å²) in [5.74, 6) is -0.658. The van der Waals surface area contributed by atoms with E-state index in [-0.39, 0.29) is 12.1 Å². The van der Waals surface area contributed by atoms with Crippen LogP contribution in [0.2, 0.25) is 0 Å². The van der Waals surface area contributed by atoms with E-state index >= 15 is 0 Å². The number of anilines is 1. The van der Waals surface area contributed by atoms with Gasteiger partial charge in [0.15, 0.2) is 0 Å². The minimum atomic E-state index is -4.42. The second-order valence-electron chi connectivity index (χ2n) is 4.51. The number of benzene rings is 1. The van der Waals surface area contributed by atoms with Crippen LogP contribution in [0.3, 0.4) is 0 Å². The largest absolute Gasteiger partial charge is 0.406 e.